The monoisotopic (exact) mass is 609 g/mol. The van der Waals surface area contributed by atoms with Gasteiger partial charge in [-0.3, -0.25) is 4.68 Å². The lowest BCUT2D eigenvalue weighted by Gasteiger charge is -2.09. The zero-order valence-corrected chi connectivity index (χ0v) is 25.7. The molecule has 0 aliphatic carbocycles. The van der Waals surface area contributed by atoms with Crippen LogP contribution in [0.5, 0.6) is 0 Å². The third-order valence-corrected chi connectivity index (χ3v) is 3.67. The van der Waals surface area contributed by atoms with E-state index in [2.05, 4.69) is 59.5 Å². The maximum absolute atomic E-state index is 5.20. The molecular weight excluding hydrogens is 550 g/mol. The number of aromatic nitrogens is 13. The maximum atomic E-state index is 5.20. The Balaban J connectivity index is -0.000000133. The third kappa shape index (κ3) is 37.6. The Labute approximate surface area is 260 Å². The Morgan fingerprint density at radius 1 is 0.628 bits per heavy atom. The molecule has 0 unspecified atom stereocenters. The van der Waals surface area contributed by atoms with Crippen molar-refractivity contribution < 1.29 is 9.47 Å². The summed E-state index contributed by atoms with van der Waals surface area (Å²) < 4.78 is 17.0. The smallest absolute Gasteiger partial charge is 0.137 e. The van der Waals surface area contributed by atoms with E-state index in [1.807, 2.05) is 66.4 Å². The first-order valence-corrected chi connectivity index (χ1v) is 12.7. The molecule has 15 nitrogen and oxygen atoms in total. The second kappa shape index (κ2) is 32.1. The van der Waals surface area contributed by atoms with Crippen molar-refractivity contribution in [1.82, 2.24) is 65.0 Å². The summed E-state index contributed by atoms with van der Waals surface area (Å²) in [6, 6.07) is 0. The molecule has 248 valence electrons. The molecule has 0 aliphatic rings. The molecule has 43 heavy (non-hydrogen) atoms. The van der Waals surface area contributed by atoms with Gasteiger partial charge in [0.1, 0.15) is 12.7 Å². The van der Waals surface area contributed by atoms with Gasteiger partial charge in [-0.05, 0) is 48.5 Å². The molecule has 0 aromatic carbocycles. The lowest BCUT2D eigenvalue weighted by molar-refractivity contribution is 0.142. The first kappa shape index (κ1) is 48.3. The Morgan fingerprint density at radius 2 is 1.07 bits per heavy atom. The highest BCUT2D eigenvalue weighted by Crippen LogP contribution is 2.02. The predicted octanol–water partition coefficient (Wildman–Crippen LogP) is 5.23. The Bertz CT molecular complexity index is 896. The average Bonchev–Trinajstić information content (AvgIpc) is 3.72. The molecular formula is C28H59N13O2. The lowest BCUT2D eigenvalue weighted by Crippen LogP contribution is -1.99. The molecule has 0 amide bonds. The van der Waals surface area contributed by atoms with E-state index in [9.17, 15) is 0 Å². The highest BCUT2D eigenvalue weighted by molar-refractivity contribution is 4.80. The normalized spacial score (nSPS) is 8.47. The van der Waals surface area contributed by atoms with E-state index in [4.69, 9.17) is 9.47 Å². The standard InChI is InChI=1S/2C7H14O.C4H6N2.C3H5N3.2C2H4N4.3CH4/c2*1-5-7(4)8-6(2)3;1-6-3-2-5-4-6;1-6-3-2-4-5-6;2*1-6-2-3-4-5-6;;;/h2*6H,4-5H2,1-3H3;2-4H,1H3;2-3H,1H3;2*2H,1H3;3*1H4. The molecule has 4 rings (SSSR count). The summed E-state index contributed by atoms with van der Waals surface area (Å²) >= 11 is 0. The number of imidazole rings is 1. The first-order valence-electron chi connectivity index (χ1n) is 12.7. The van der Waals surface area contributed by atoms with Gasteiger partial charge in [0.05, 0.1) is 36.3 Å². The fourth-order valence-electron chi connectivity index (χ4n) is 1.84. The molecule has 0 N–H and O–H groups in total. The molecule has 4 aromatic heterocycles. The zero-order chi connectivity index (χ0) is 30.8. The van der Waals surface area contributed by atoms with Crippen molar-refractivity contribution >= 4 is 0 Å². The van der Waals surface area contributed by atoms with Gasteiger partial charge >= 0.3 is 0 Å². The lowest BCUT2D eigenvalue weighted by atomic mass is 10.4. The number of nitrogens with zero attached hydrogens (tertiary/aromatic N) is 13. The number of hydrogen-bond acceptors (Lipinski definition) is 11. The van der Waals surface area contributed by atoms with Crippen LogP contribution in [0.4, 0.5) is 0 Å². The van der Waals surface area contributed by atoms with Gasteiger partial charge in [0.25, 0.3) is 0 Å². The summed E-state index contributed by atoms with van der Waals surface area (Å²) in [6.07, 6.45) is 14.3. The van der Waals surface area contributed by atoms with Crippen LogP contribution in [-0.4, -0.2) is 77.2 Å². The van der Waals surface area contributed by atoms with E-state index in [0.717, 1.165) is 24.4 Å². The van der Waals surface area contributed by atoms with Crippen molar-refractivity contribution in [2.45, 2.75) is 88.9 Å². The molecule has 0 bridgehead atoms. The molecule has 0 saturated carbocycles. The fraction of sp³-hybridized carbons (Fsp3) is 0.607. The van der Waals surface area contributed by atoms with Crippen LogP contribution < -0.4 is 0 Å². The number of allylic oxidation sites excluding steroid dienone is 2. The second-order valence-electron chi connectivity index (χ2n) is 8.39. The van der Waals surface area contributed by atoms with E-state index in [0.29, 0.717) is 0 Å². The van der Waals surface area contributed by atoms with Gasteiger partial charge in [0.15, 0.2) is 0 Å². The molecule has 0 spiro atoms. The summed E-state index contributed by atoms with van der Waals surface area (Å²) in [5.74, 6) is 1.75. The molecule has 0 fully saturated rings. The van der Waals surface area contributed by atoms with E-state index in [-0.39, 0.29) is 34.5 Å². The Hall–Kier alpha value is -4.43. The highest BCUT2D eigenvalue weighted by Gasteiger charge is 1.93. The topological polar surface area (TPSA) is 154 Å². The predicted molar refractivity (Wildman–Crippen MR) is 173 cm³/mol. The van der Waals surface area contributed by atoms with Crippen LogP contribution in [-0.2, 0) is 37.7 Å². The number of aryl methyl sites for hydroxylation is 4. The van der Waals surface area contributed by atoms with Crippen LogP contribution in [0.3, 0.4) is 0 Å². The van der Waals surface area contributed by atoms with Crippen LogP contribution in [0.2, 0.25) is 0 Å². The molecule has 4 heterocycles. The Morgan fingerprint density at radius 3 is 1.16 bits per heavy atom. The minimum absolute atomic E-state index is 0. The van der Waals surface area contributed by atoms with Crippen LogP contribution in [0.25, 0.3) is 0 Å². The quantitative estimate of drug-likeness (QED) is 0.264. The van der Waals surface area contributed by atoms with Crippen molar-refractivity contribution in [3.8, 4) is 0 Å². The van der Waals surface area contributed by atoms with Crippen molar-refractivity contribution in [2.24, 2.45) is 28.2 Å². The number of hydrogen-bond donors (Lipinski definition) is 0. The Kier molecular flexibility index (Phi) is 36.1. The van der Waals surface area contributed by atoms with E-state index in [1.54, 1.807) is 43.7 Å². The van der Waals surface area contributed by atoms with Crippen molar-refractivity contribution in [3.63, 3.8) is 0 Å². The van der Waals surface area contributed by atoms with Gasteiger partial charge in [-0.25, -0.2) is 14.3 Å². The molecule has 0 radical (unpaired) electrons. The van der Waals surface area contributed by atoms with Gasteiger partial charge in [-0.2, -0.15) is 0 Å². The SMILES string of the molecule is C.C.C.C=C(CC)OC(C)C.C=C(CC)OC(C)C.Cn1ccnc1.Cn1ccnn1.Cn1cnnn1.Cn1cnnn1. The van der Waals surface area contributed by atoms with E-state index in [1.165, 1.54) is 22.0 Å². The van der Waals surface area contributed by atoms with Gasteiger partial charge in [0.2, 0.25) is 0 Å². The van der Waals surface area contributed by atoms with Crippen LogP contribution in [0, 0.1) is 0 Å². The summed E-state index contributed by atoms with van der Waals surface area (Å²) in [6.45, 7) is 19.5. The zero-order valence-electron chi connectivity index (χ0n) is 25.7. The second-order valence-corrected chi connectivity index (χ2v) is 8.39. The van der Waals surface area contributed by atoms with Crippen LogP contribution >= 0.6 is 0 Å². The third-order valence-electron chi connectivity index (χ3n) is 3.67. The van der Waals surface area contributed by atoms with Gasteiger partial charge in [0, 0.05) is 59.6 Å². The highest BCUT2D eigenvalue weighted by atomic mass is 16.5. The number of tetrazole rings is 2. The minimum atomic E-state index is 0. The molecule has 15 heteroatoms. The summed E-state index contributed by atoms with van der Waals surface area (Å²) in [7, 11) is 7.29. The molecule has 4 aromatic rings. The van der Waals surface area contributed by atoms with Crippen molar-refractivity contribution in [3.05, 3.63) is 68.4 Å². The summed E-state index contributed by atoms with van der Waals surface area (Å²) in [5, 5.41) is 27.5. The van der Waals surface area contributed by atoms with Crippen molar-refractivity contribution in [2.75, 3.05) is 0 Å². The van der Waals surface area contributed by atoms with Crippen LogP contribution in [0.1, 0.15) is 76.7 Å². The van der Waals surface area contributed by atoms with Crippen molar-refractivity contribution in [1.29, 1.82) is 0 Å². The fourth-order valence-corrected chi connectivity index (χ4v) is 1.84. The maximum Gasteiger partial charge on any atom is 0.137 e. The van der Waals surface area contributed by atoms with Gasteiger partial charge in [-0.1, -0.05) is 54.5 Å². The summed E-state index contributed by atoms with van der Waals surface area (Å²) in [5.41, 5.74) is 0. The summed E-state index contributed by atoms with van der Waals surface area (Å²) in [4.78, 5) is 3.78. The van der Waals surface area contributed by atoms with Gasteiger partial charge in [-0.15, -0.1) is 15.3 Å². The first-order chi connectivity index (χ1) is 18.9. The average molecular weight is 610 g/mol. The molecule has 0 atom stereocenters. The van der Waals surface area contributed by atoms with E-state index < -0.39 is 0 Å². The van der Waals surface area contributed by atoms with Gasteiger partial charge < -0.3 is 14.0 Å². The molecule has 0 aliphatic heterocycles. The van der Waals surface area contributed by atoms with Crippen LogP contribution in [0.15, 0.2) is 68.4 Å². The molecule has 0 saturated heterocycles. The number of ether oxygens (including phenoxy) is 2. The number of rotatable bonds is 6. The van der Waals surface area contributed by atoms with E-state index >= 15 is 0 Å². The largest absolute Gasteiger partial charge is 0.496 e. The minimum Gasteiger partial charge on any atom is -0.496 e.